The molecule has 0 spiro atoms. The molecule has 0 unspecified atom stereocenters. The van der Waals surface area contributed by atoms with Crippen molar-refractivity contribution in [1.82, 2.24) is 4.98 Å². The van der Waals surface area contributed by atoms with Gasteiger partial charge in [-0.15, -0.1) is 13.2 Å². The van der Waals surface area contributed by atoms with Gasteiger partial charge in [0.05, 0.1) is 5.52 Å². The third-order valence-corrected chi connectivity index (χ3v) is 3.57. The molecule has 2 aromatic rings. The average Bonchev–Trinajstić information content (AvgIpc) is 2.85. The molecule has 1 aliphatic carbocycles. The molecule has 1 N–H and O–H groups in total. The lowest BCUT2D eigenvalue weighted by molar-refractivity contribution is -0.274. The van der Waals surface area contributed by atoms with Crippen LogP contribution in [0, 0.1) is 0 Å². The summed E-state index contributed by atoms with van der Waals surface area (Å²) in [5, 5.41) is 3.94. The molecular weight excluding hydrogens is 281 g/mol. The highest BCUT2D eigenvalue weighted by atomic mass is 19.4. The summed E-state index contributed by atoms with van der Waals surface area (Å²) in [5.74, 6) is -0.214. The Kier molecular flexibility index (Phi) is 3.39. The van der Waals surface area contributed by atoms with Crippen LogP contribution in [0.5, 0.6) is 5.75 Å². The van der Waals surface area contributed by atoms with E-state index >= 15 is 0 Å². The third kappa shape index (κ3) is 2.75. The minimum absolute atomic E-state index is 0.214. The number of nitrogens with one attached hydrogen (secondary N) is 1. The number of nitrogens with zero attached hydrogens (tertiary/aromatic N) is 1. The van der Waals surface area contributed by atoms with Crippen LogP contribution in [0.4, 0.5) is 18.9 Å². The molecule has 112 valence electrons. The van der Waals surface area contributed by atoms with Gasteiger partial charge in [-0.25, -0.2) is 0 Å². The minimum Gasteiger partial charge on any atom is -0.406 e. The van der Waals surface area contributed by atoms with Crippen LogP contribution >= 0.6 is 0 Å². The van der Waals surface area contributed by atoms with E-state index in [0.29, 0.717) is 17.4 Å². The van der Waals surface area contributed by atoms with E-state index < -0.39 is 6.36 Å². The molecule has 3 rings (SSSR count). The van der Waals surface area contributed by atoms with Gasteiger partial charge in [0.15, 0.2) is 0 Å². The number of hydrogen-bond acceptors (Lipinski definition) is 3. The van der Waals surface area contributed by atoms with Gasteiger partial charge in [0.2, 0.25) is 0 Å². The van der Waals surface area contributed by atoms with Crippen molar-refractivity contribution in [2.75, 3.05) is 11.9 Å². The van der Waals surface area contributed by atoms with Gasteiger partial charge in [-0.1, -0.05) is 0 Å². The normalized spacial score (nSPS) is 14.3. The Bertz CT molecular complexity index is 683. The Morgan fingerprint density at radius 2 is 2.10 bits per heavy atom. The maximum absolute atomic E-state index is 12.4. The van der Waals surface area contributed by atoms with Gasteiger partial charge in [0.25, 0.3) is 0 Å². The van der Waals surface area contributed by atoms with E-state index in [4.69, 9.17) is 0 Å². The monoisotopic (exact) mass is 296 g/mol. The van der Waals surface area contributed by atoms with Gasteiger partial charge in [0, 0.05) is 23.3 Å². The fourth-order valence-corrected chi connectivity index (χ4v) is 2.82. The summed E-state index contributed by atoms with van der Waals surface area (Å²) < 4.78 is 41.1. The number of pyridine rings is 1. The number of alkyl halides is 3. The van der Waals surface area contributed by atoms with Crippen LogP contribution in [0.1, 0.15) is 24.6 Å². The van der Waals surface area contributed by atoms with Crippen molar-refractivity contribution in [2.24, 2.45) is 0 Å². The molecule has 1 aliphatic rings. The number of halogens is 3. The van der Waals surface area contributed by atoms with Crippen molar-refractivity contribution in [2.45, 2.75) is 32.5 Å². The lowest BCUT2D eigenvalue weighted by atomic mass is 10.1. The highest BCUT2D eigenvalue weighted by molar-refractivity contribution is 5.94. The summed E-state index contributed by atoms with van der Waals surface area (Å²) >= 11 is 0. The topological polar surface area (TPSA) is 34.2 Å². The zero-order valence-electron chi connectivity index (χ0n) is 11.5. The zero-order chi connectivity index (χ0) is 15.0. The molecule has 0 atom stereocenters. The van der Waals surface area contributed by atoms with Crippen LogP contribution < -0.4 is 10.1 Å². The first-order valence-electron chi connectivity index (χ1n) is 6.93. The number of rotatable bonds is 3. The number of fused-ring (bicyclic) bond motifs is 2. The molecule has 0 amide bonds. The van der Waals surface area contributed by atoms with E-state index in [1.165, 1.54) is 12.1 Å². The first-order chi connectivity index (χ1) is 9.98. The second kappa shape index (κ2) is 5.09. The Balaban J connectivity index is 2.14. The van der Waals surface area contributed by atoms with Crippen molar-refractivity contribution in [1.29, 1.82) is 0 Å². The van der Waals surface area contributed by atoms with Crippen LogP contribution in [0.25, 0.3) is 10.9 Å². The number of aromatic nitrogens is 1. The molecule has 0 aliphatic heterocycles. The van der Waals surface area contributed by atoms with Crippen LogP contribution in [0.2, 0.25) is 0 Å². The highest BCUT2D eigenvalue weighted by Gasteiger charge is 2.31. The molecule has 1 aromatic heterocycles. The number of anilines is 1. The van der Waals surface area contributed by atoms with Crippen LogP contribution in [0.15, 0.2) is 18.2 Å². The number of ether oxygens (including phenoxy) is 1. The number of aryl methyl sites for hydroxylation is 1. The molecule has 0 saturated heterocycles. The van der Waals surface area contributed by atoms with Gasteiger partial charge in [-0.3, -0.25) is 4.98 Å². The first kappa shape index (κ1) is 14.0. The van der Waals surface area contributed by atoms with Crippen molar-refractivity contribution < 1.29 is 17.9 Å². The molecule has 21 heavy (non-hydrogen) atoms. The Hall–Kier alpha value is -1.98. The fraction of sp³-hybridized carbons (Fsp3) is 0.400. The van der Waals surface area contributed by atoms with E-state index in [9.17, 15) is 13.2 Å². The SMILES string of the molecule is CCNc1c2c(nc3ccc(OC(F)(F)F)cc13)CCC2. The van der Waals surface area contributed by atoms with E-state index in [-0.39, 0.29) is 5.75 Å². The Morgan fingerprint density at radius 3 is 2.81 bits per heavy atom. The molecular formula is C15H15F3N2O. The maximum atomic E-state index is 12.4. The average molecular weight is 296 g/mol. The van der Waals surface area contributed by atoms with E-state index in [1.807, 2.05) is 6.92 Å². The zero-order valence-corrected chi connectivity index (χ0v) is 11.5. The first-order valence-corrected chi connectivity index (χ1v) is 6.93. The van der Waals surface area contributed by atoms with Crippen molar-refractivity contribution in [3.05, 3.63) is 29.5 Å². The summed E-state index contributed by atoms with van der Waals surface area (Å²) in [7, 11) is 0. The van der Waals surface area contributed by atoms with E-state index in [2.05, 4.69) is 15.0 Å². The summed E-state index contributed by atoms with van der Waals surface area (Å²) in [6, 6.07) is 4.29. The minimum atomic E-state index is -4.68. The third-order valence-electron chi connectivity index (χ3n) is 3.57. The summed E-state index contributed by atoms with van der Waals surface area (Å²) in [5.41, 5.74) is 3.75. The molecule has 0 fully saturated rings. The largest absolute Gasteiger partial charge is 0.573 e. The summed E-state index contributed by atoms with van der Waals surface area (Å²) in [4.78, 5) is 4.56. The maximum Gasteiger partial charge on any atom is 0.573 e. The molecule has 3 nitrogen and oxygen atoms in total. The quantitative estimate of drug-likeness (QED) is 0.927. The predicted molar refractivity (Wildman–Crippen MR) is 74.6 cm³/mol. The second-order valence-electron chi connectivity index (χ2n) is 5.02. The van der Waals surface area contributed by atoms with Crippen LogP contribution in [-0.4, -0.2) is 17.9 Å². The molecule has 1 aromatic carbocycles. The van der Waals surface area contributed by atoms with Crippen LogP contribution in [-0.2, 0) is 12.8 Å². The van der Waals surface area contributed by atoms with Gasteiger partial charge < -0.3 is 10.1 Å². The summed E-state index contributed by atoms with van der Waals surface area (Å²) in [6.07, 6.45) is -1.82. The van der Waals surface area contributed by atoms with Gasteiger partial charge in [-0.2, -0.15) is 0 Å². The van der Waals surface area contributed by atoms with Crippen molar-refractivity contribution in [3.8, 4) is 5.75 Å². The number of hydrogen-bond donors (Lipinski definition) is 1. The van der Waals surface area contributed by atoms with Gasteiger partial charge in [-0.05, 0) is 49.9 Å². The van der Waals surface area contributed by atoms with Crippen LogP contribution in [0.3, 0.4) is 0 Å². The smallest absolute Gasteiger partial charge is 0.406 e. The van der Waals surface area contributed by atoms with Gasteiger partial charge >= 0.3 is 6.36 Å². The molecule has 0 saturated carbocycles. The molecule has 0 radical (unpaired) electrons. The lowest BCUT2D eigenvalue weighted by Crippen LogP contribution is -2.17. The second-order valence-corrected chi connectivity index (χ2v) is 5.02. The highest BCUT2D eigenvalue weighted by Crippen LogP contribution is 2.36. The van der Waals surface area contributed by atoms with Gasteiger partial charge in [0.1, 0.15) is 5.75 Å². The Morgan fingerprint density at radius 1 is 1.29 bits per heavy atom. The Labute approximate surface area is 120 Å². The molecule has 1 heterocycles. The molecule has 0 bridgehead atoms. The predicted octanol–water partition coefficient (Wildman–Crippen LogP) is 4.05. The van der Waals surface area contributed by atoms with E-state index in [0.717, 1.165) is 36.2 Å². The summed E-state index contributed by atoms with van der Waals surface area (Å²) in [6.45, 7) is 2.67. The van der Waals surface area contributed by atoms with E-state index in [1.54, 1.807) is 6.07 Å². The number of benzene rings is 1. The van der Waals surface area contributed by atoms with Crippen molar-refractivity contribution in [3.63, 3.8) is 0 Å². The molecule has 6 heteroatoms. The fourth-order valence-electron chi connectivity index (χ4n) is 2.82. The standard InChI is InChI=1S/C15H15F3N2O/c1-2-19-14-10-4-3-5-12(10)20-13-7-6-9(8-11(13)14)21-15(16,17)18/h6-8H,2-5H2,1H3,(H,19,20). The lowest BCUT2D eigenvalue weighted by Gasteiger charge is -2.15. The van der Waals surface area contributed by atoms with Crippen molar-refractivity contribution >= 4 is 16.6 Å².